The Morgan fingerprint density at radius 1 is 1.39 bits per heavy atom. The van der Waals surface area contributed by atoms with E-state index < -0.39 is 17.6 Å². The number of ether oxygens (including phenoxy) is 2. The molecule has 0 aromatic heterocycles. The normalized spacial score (nSPS) is 13.9. The molecule has 4 N–H and O–H groups in total. The van der Waals surface area contributed by atoms with Crippen LogP contribution in [0.2, 0.25) is 0 Å². The zero-order chi connectivity index (χ0) is 14.2. The number of aliphatic hydroxyl groups is 1. The molecule has 0 bridgehead atoms. The first-order chi connectivity index (χ1) is 8.25. The highest BCUT2D eigenvalue weighted by molar-refractivity contribution is 5.83. The second-order valence-electron chi connectivity index (χ2n) is 5.02. The second kappa shape index (κ2) is 8.42. The SMILES string of the molecule is CC(C)OCCOCC(O)CNC(C)(C)C(N)=O. The number of carbonyl (C=O) groups is 1. The monoisotopic (exact) mass is 262 g/mol. The van der Waals surface area contributed by atoms with Crippen LogP contribution in [0.15, 0.2) is 0 Å². The van der Waals surface area contributed by atoms with Gasteiger partial charge < -0.3 is 25.6 Å². The molecule has 18 heavy (non-hydrogen) atoms. The van der Waals surface area contributed by atoms with Crippen molar-refractivity contribution in [2.75, 3.05) is 26.4 Å². The van der Waals surface area contributed by atoms with Crippen molar-refractivity contribution < 1.29 is 19.4 Å². The maximum absolute atomic E-state index is 11.0. The molecule has 108 valence electrons. The van der Waals surface area contributed by atoms with Crippen molar-refractivity contribution in [2.45, 2.75) is 45.4 Å². The summed E-state index contributed by atoms with van der Waals surface area (Å²) >= 11 is 0. The number of rotatable bonds is 10. The van der Waals surface area contributed by atoms with Gasteiger partial charge in [0.1, 0.15) is 0 Å². The third-order valence-corrected chi connectivity index (χ3v) is 2.38. The Hall–Kier alpha value is -0.690. The van der Waals surface area contributed by atoms with Crippen LogP contribution in [0, 0.1) is 0 Å². The van der Waals surface area contributed by atoms with Gasteiger partial charge in [0.05, 0.1) is 37.6 Å². The Morgan fingerprint density at radius 2 is 2.00 bits per heavy atom. The predicted molar refractivity (Wildman–Crippen MR) is 69.2 cm³/mol. The van der Waals surface area contributed by atoms with Gasteiger partial charge in [-0.05, 0) is 27.7 Å². The average Bonchev–Trinajstić information content (AvgIpc) is 2.25. The van der Waals surface area contributed by atoms with Crippen molar-refractivity contribution in [1.82, 2.24) is 5.32 Å². The quantitative estimate of drug-likeness (QED) is 0.468. The molecule has 0 saturated heterocycles. The van der Waals surface area contributed by atoms with Gasteiger partial charge in [-0.3, -0.25) is 4.79 Å². The Morgan fingerprint density at radius 3 is 2.50 bits per heavy atom. The molecule has 0 spiro atoms. The lowest BCUT2D eigenvalue weighted by Gasteiger charge is -2.24. The van der Waals surface area contributed by atoms with Crippen LogP contribution in [0.25, 0.3) is 0 Å². The van der Waals surface area contributed by atoms with E-state index in [0.29, 0.717) is 13.2 Å². The largest absolute Gasteiger partial charge is 0.389 e. The molecule has 1 atom stereocenters. The smallest absolute Gasteiger partial charge is 0.237 e. The Kier molecular flexibility index (Phi) is 8.10. The molecule has 0 aromatic carbocycles. The molecular weight excluding hydrogens is 236 g/mol. The number of β-amino-alcohol motifs (C(OH)–C–C–N with tert-alkyl or cyclic N) is 1. The number of nitrogens with one attached hydrogen (secondary N) is 1. The molecule has 1 amide bonds. The van der Waals surface area contributed by atoms with Gasteiger partial charge in [-0.25, -0.2) is 0 Å². The fourth-order valence-corrected chi connectivity index (χ4v) is 1.08. The van der Waals surface area contributed by atoms with Crippen molar-refractivity contribution in [3.05, 3.63) is 0 Å². The molecule has 6 nitrogen and oxygen atoms in total. The van der Waals surface area contributed by atoms with Crippen LogP contribution < -0.4 is 11.1 Å². The minimum absolute atomic E-state index is 0.177. The maximum atomic E-state index is 11.0. The van der Waals surface area contributed by atoms with Gasteiger partial charge >= 0.3 is 0 Å². The van der Waals surface area contributed by atoms with Crippen LogP contribution in [-0.4, -0.2) is 55.1 Å². The minimum atomic E-state index is -0.832. The summed E-state index contributed by atoms with van der Waals surface area (Å²) in [4.78, 5) is 11.0. The Bertz CT molecular complexity index is 244. The molecule has 0 aliphatic heterocycles. The molecule has 0 heterocycles. The maximum Gasteiger partial charge on any atom is 0.237 e. The average molecular weight is 262 g/mol. The topological polar surface area (TPSA) is 93.8 Å². The third kappa shape index (κ3) is 8.41. The molecule has 0 fully saturated rings. The molecule has 0 aliphatic carbocycles. The van der Waals surface area contributed by atoms with Crippen LogP contribution in [0.3, 0.4) is 0 Å². The van der Waals surface area contributed by atoms with E-state index in [0.717, 1.165) is 0 Å². The molecule has 0 saturated carbocycles. The second-order valence-corrected chi connectivity index (χ2v) is 5.02. The zero-order valence-corrected chi connectivity index (χ0v) is 11.7. The number of amides is 1. The summed E-state index contributed by atoms with van der Waals surface area (Å²) in [5, 5.41) is 12.5. The first kappa shape index (κ1) is 17.3. The van der Waals surface area contributed by atoms with E-state index in [1.165, 1.54) is 0 Å². The zero-order valence-electron chi connectivity index (χ0n) is 11.7. The highest BCUT2D eigenvalue weighted by Crippen LogP contribution is 2.00. The number of primary amides is 1. The number of nitrogens with two attached hydrogens (primary N) is 1. The number of hydrogen-bond acceptors (Lipinski definition) is 5. The summed E-state index contributed by atoms with van der Waals surface area (Å²) in [7, 11) is 0. The van der Waals surface area contributed by atoms with Crippen LogP contribution in [0.4, 0.5) is 0 Å². The van der Waals surface area contributed by atoms with Crippen molar-refractivity contribution in [3.63, 3.8) is 0 Å². The minimum Gasteiger partial charge on any atom is -0.389 e. The van der Waals surface area contributed by atoms with E-state index in [9.17, 15) is 9.90 Å². The van der Waals surface area contributed by atoms with E-state index >= 15 is 0 Å². The van der Waals surface area contributed by atoms with E-state index in [1.807, 2.05) is 13.8 Å². The number of carbonyl (C=O) groups excluding carboxylic acids is 1. The number of hydrogen-bond donors (Lipinski definition) is 3. The lowest BCUT2D eigenvalue weighted by molar-refractivity contribution is -0.123. The summed E-state index contributed by atoms with van der Waals surface area (Å²) in [6.07, 6.45) is -0.501. The summed E-state index contributed by atoms with van der Waals surface area (Å²) in [5.74, 6) is -0.457. The van der Waals surface area contributed by atoms with Gasteiger partial charge in [0.15, 0.2) is 0 Å². The fourth-order valence-electron chi connectivity index (χ4n) is 1.08. The summed E-state index contributed by atoms with van der Waals surface area (Å²) in [6.45, 7) is 8.62. The van der Waals surface area contributed by atoms with Crippen LogP contribution >= 0.6 is 0 Å². The third-order valence-electron chi connectivity index (χ3n) is 2.38. The molecular formula is C12H26N2O4. The molecule has 6 heteroatoms. The fraction of sp³-hybridized carbons (Fsp3) is 0.917. The van der Waals surface area contributed by atoms with Gasteiger partial charge in [-0.15, -0.1) is 0 Å². The summed E-state index contributed by atoms with van der Waals surface area (Å²) < 4.78 is 10.5. The lowest BCUT2D eigenvalue weighted by Crippen LogP contribution is -2.53. The standard InChI is InChI=1S/C12H26N2O4/c1-9(2)18-6-5-17-8-10(15)7-14-12(3,4)11(13)16/h9-10,14-15H,5-8H2,1-4H3,(H2,13,16). The summed E-state index contributed by atoms with van der Waals surface area (Å²) in [6, 6.07) is 0. The molecule has 0 aliphatic rings. The molecule has 0 aromatic rings. The van der Waals surface area contributed by atoms with Gasteiger partial charge in [-0.1, -0.05) is 0 Å². The molecule has 1 unspecified atom stereocenters. The van der Waals surface area contributed by atoms with E-state index in [-0.39, 0.29) is 19.3 Å². The lowest BCUT2D eigenvalue weighted by atomic mass is 10.1. The van der Waals surface area contributed by atoms with Crippen molar-refractivity contribution in [1.29, 1.82) is 0 Å². The van der Waals surface area contributed by atoms with E-state index in [2.05, 4.69) is 5.32 Å². The van der Waals surface area contributed by atoms with Crippen LogP contribution in [0.5, 0.6) is 0 Å². The highest BCUT2D eigenvalue weighted by Gasteiger charge is 2.24. The van der Waals surface area contributed by atoms with Gasteiger partial charge in [0, 0.05) is 6.54 Å². The molecule has 0 radical (unpaired) electrons. The van der Waals surface area contributed by atoms with Gasteiger partial charge in [-0.2, -0.15) is 0 Å². The van der Waals surface area contributed by atoms with Gasteiger partial charge in [0.25, 0.3) is 0 Å². The van der Waals surface area contributed by atoms with Crippen molar-refractivity contribution in [2.24, 2.45) is 5.73 Å². The van der Waals surface area contributed by atoms with Crippen LogP contribution in [-0.2, 0) is 14.3 Å². The van der Waals surface area contributed by atoms with E-state index in [1.54, 1.807) is 13.8 Å². The Balaban J connectivity index is 3.60. The van der Waals surface area contributed by atoms with Gasteiger partial charge in [0.2, 0.25) is 5.91 Å². The highest BCUT2D eigenvalue weighted by atomic mass is 16.5. The molecule has 0 rings (SSSR count). The summed E-state index contributed by atoms with van der Waals surface area (Å²) in [5.41, 5.74) is 4.36. The van der Waals surface area contributed by atoms with E-state index in [4.69, 9.17) is 15.2 Å². The number of aliphatic hydroxyl groups excluding tert-OH is 1. The predicted octanol–water partition coefficient (Wildman–Crippen LogP) is -0.358. The van der Waals surface area contributed by atoms with Crippen molar-refractivity contribution in [3.8, 4) is 0 Å². The Labute approximate surface area is 109 Å². The first-order valence-electron chi connectivity index (χ1n) is 6.18. The van der Waals surface area contributed by atoms with Crippen LogP contribution in [0.1, 0.15) is 27.7 Å². The van der Waals surface area contributed by atoms with Crippen molar-refractivity contribution >= 4 is 5.91 Å². The first-order valence-corrected chi connectivity index (χ1v) is 6.18.